The molecule has 0 aliphatic carbocycles. The van der Waals surface area contributed by atoms with Crippen LogP contribution in [0.25, 0.3) is 0 Å². The number of unbranched alkanes of at least 4 members (excludes halogenated alkanes) is 1. The monoisotopic (exact) mass is 369 g/mol. The van der Waals surface area contributed by atoms with Gasteiger partial charge in [-0.05, 0) is 24.6 Å². The third-order valence-corrected chi connectivity index (χ3v) is 4.76. The van der Waals surface area contributed by atoms with Crippen molar-refractivity contribution in [2.45, 2.75) is 31.4 Å². The first-order valence-corrected chi connectivity index (χ1v) is 8.94. The van der Waals surface area contributed by atoms with Crippen molar-refractivity contribution >= 4 is 46.0 Å². The summed E-state index contributed by atoms with van der Waals surface area (Å²) in [7, 11) is 1.52. The molecular formula is C16H20ClN3O3S. The lowest BCUT2D eigenvalue weighted by Gasteiger charge is -2.09. The summed E-state index contributed by atoms with van der Waals surface area (Å²) in [6, 6.07) is 4.98. The molecule has 0 spiro atoms. The summed E-state index contributed by atoms with van der Waals surface area (Å²) in [5.74, 6) is 0.102. The van der Waals surface area contributed by atoms with Crippen molar-refractivity contribution in [3.8, 4) is 5.75 Å². The first-order chi connectivity index (χ1) is 11.5. The zero-order valence-electron chi connectivity index (χ0n) is 13.6. The summed E-state index contributed by atoms with van der Waals surface area (Å²) in [5, 5.41) is 6.00. The van der Waals surface area contributed by atoms with E-state index in [0.29, 0.717) is 28.2 Å². The molecule has 1 unspecified atom stereocenters. The molecule has 2 rings (SSSR count). The first-order valence-electron chi connectivity index (χ1n) is 7.68. The number of nitrogens with zero attached hydrogens (tertiary/aromatic N) is 1. The van der Waals surface area contributed by atoms with Crippen LogP contribution in [0.5, 0.6) is 5.75 Å². The smallest absolute Gasteiger partial charge is 0.240 e. The Balaban J connectivity index is 1.89. The average molecular weight is 370 g/mol. The molecule has 1 atom stereocenters. The lowest BCUT2D eigenvalue weighted by Crippen LogP contribution is -2.28. The Labute approximate surface area is 150 Å². The zero-order valence-corrected chi connectivity index (χ0v) is 15.2. The van der Waals surface area contributed by atoms with Crippen molar-refractivity contribution in [1.82, 2.24) is 5.32 Å². The van der Waals surface area contributed by atoms with Gasteiger partial charge in [0.05, 0.1) is 12.1 Å². The van der Waals surface area contributed by atoms with Gasteiger partial charge in [0.15, 0.2) is 5.17 Å². The Hall–Kier alpha value is -1.73. The fraction of sp³-hybridized carbons (Fsp3) is 0.438. The first kappa shape index (κ1) is 18.6. The standard InChI is InChI=1S/C16H20ClN3O3S/c1-3-4-7-18-16-20-15(22)13(24-16)9-14(21)19-10-5-6-12(23-2)11(17)8-10/h5-6,8,13H,3-4,7,9H2,1-2H3,(H,19,21)(H,18,20,22). The predicted molar refractivity (Wildman–Crippen MR) is 98.0 cm³/mol. The van der Waals surface area contributed by atoms with E-state index in [-0.39, 0.29) is 18.2 Å². The highest BCUT2D eigenvalue weighted by Crippen LogP contribution is 2.28. The molecule has 2 N–H and O–H groups in total. The summed E-state index contributed by atoms with van der Waals surface area (Å²) < 4.78 is 5.06. The number of ether oxygens (including phenoxy) is 1. The number of thioether (sulfide) groups is 1. The molecule has 0 bridgehead atoms. The Morgan fingerprint density at radius 1 is 1.50 bits per heavy atom. The summed E-state index contributed by atoms with van der Waals surface area (Å²) in [5.41, 5.74) is 0.561. The van der Waals surface area contributed by atoms with Gasteiger partial charge in [0.25, 0.3) is 0 Å². The number of carbonyl (C=O) groups excluding carboxylic acids is 2. The van der Waals surface area contributed by atoms with E-state index in [1.807, 2.05) is 0 Å². The summed E-state index contributed by atoms with van der Waals surface area (Å²) in [4.78, 5) is 28.4. The fourth-order valence-corrected chi connectivity index (χ4v) is 3.33. The normalized spacial score (nSPS) is 18.5. The molecule has 1 aromatic rings. The second-order valence-electron chi connectivity index (χ2n) is 5.24. The van der Waals surface area contributed by atoms with Crippen molar-refractivity contribution in [3.63, 3.8) is 0 Å². The number of anilines is 1. The van der Waals surface area contributed by atoms with Crippen molar-refractivity contribution in [2.75, 3.05) is 19.0 Å². The van der Waals surface area contributed by atoms with Crippen LogP contribution in [0.4, 0.5) is 5.69 Å². The second kappa shape index (κ2) is 8.94. The number of benzene rings is 1. The van der Waals surface area contributed by atoms with Gasteiger partial charge >= 0.3 is 0 Å². The van der Waals surface area contributed by atoms with E-state index in [1.54, 1.807) is 18.2 Å². The van der Waals surface area contributed by atoms with Crippen molar-refractivity contribution in [3.05, 3.63) is 23.2 Å². The van der Waals surface area contributed by atoms with E-state index in [2.05, 4.69) is 22.5 Å². The molecule has 1 aromatic carbocycles. The molecule has 1 fully saturated rings. The van der Waals surface area contributed by atoms with Crippen LogP contribution in [0.2, 0.25) is 5.02 Å². The maximum absolute atomic E-state index is 12.1. The SMILES string of the molecule is CCCCN=C1NC(=O)C(CC(=O)Nc2ccc(OC)c(Cl)c2)S1. The summed E-state index contributed by atoms with van der Waals surface area (Å²) >= 11 is 7.33. The number of aliphatic imine (C=N–C) groups is 1. The summed E-state index contributed by atoms with van der Waals surface area (Å²) in [6.07, 6.45) is 2.10. The lowest BCUT2D eigenvalue weighted by molar-refractivity contribution is -0.122. The number of rotatable bonds is 7. The highest BCUT2D eigenvalue weighted by Gasteiger charge is 2.31. The highest BCUT2D eigenvalue weighted by molar-refractivity contribution is 8.15. The van der Waals surface area contributed by atoms with Crippen molar-refractivity contribution in [1.29, 1.82) is 0 Å². The number of hydrogen-bond donors (Lipinski definition) is 2. The number of hydrogen-bond acceptors (Lipinski definition) is 5. The Bertz CT molecular complexity index is 651. The third-order valence-electron chi connectivity index (χ3n) is 3.35. The molecule has 8 heteroatoms. The Morgan fingerprint density at radius 2 is 2.29 bits per heavy atom. The van der Waals surface area contributed by atoms with E-state index in [4.69, 9.17) is 16.3 Å². The van der Waals surface area contributed by atoms with Crippen LogP contribution in [-0.2, 0) is 9.59 Å². The predicted octanol–water partition coefficient (Wildman–Crippen LogP) is 3.06. The van der Waals surface area contributed by atoms with Crippen LogP contribution in [-0.4, -0.2) is 35.9 Å². The van der Waals surface area contributed by atoms with Crippen molar-refractivity contribution in [2.24, 2.45) is 4.99 Å². The molecule has 0 aromatic heterocycles. The van der Waals surface area contributed by atoms with Crippen LogP contribution in [0.1, 0.15) is 26.2 Å². The lowest BCUT2D eigenvalue weighted by atomic mass is 10.2. The number of nitrogens with one attached hydrogen (secondary N) is 2. The van der Waals surface area contributed by atoms with E-state index in [9.17, 15) is 9.59 Å². The molecule has 1 aliphatic heterocycles. The average Bonchev–Trinajstić information content (AvgIpc) is 2.87. The topological polar surface area (TPSA) is 79.8 Å². The minimum absolute atomic E-state index is 0.0763. The van der Waals surface area contributed by atoms with Crippen LogP contribution in [0, 0.1) is 0 Å². The van der Waals surface area contributed by atoms with Crippen LogP contribution >= 0.6 is 23.4 Å². The van der Waals surface area contributed by atoms with Gasteiger partial charge in [-0.2, -0.15) is 0 Å². The number of halogens is 1. The van der Waals surface area contributed by atoms with Gasteiger partial charge in [-0.3, -0.25) is 14.6 Å². The summed E-state index contributed by atoms with van der Waals surface area (Å²) in [6.45, 7) is 2.77. The van der Waals surface area contributed by atoms with Gasteiger partial charge < -0.3 is 15.4 Å². The maximum atomic E-state index is 12.1. The largest absolute Gasteiger partial charge is 0.495 e. The van der Waals surface area contributed by atoms with E-state index in [0.717, 1.165) is 12.8 Å². The minimum Gasteiger partial charge on any atom is -0.495 e. The third kappa shape index (κ3) is 5.14. The van der Waals surface area contributed by atoms with Crippen LogP contribution in [0.3, 0.4) is 0 Å². The molecule has 1 heterocycles. The maximum Gasteiger partial charge on any atom is 0.240 e. The molecule has 1 saturated heterocycles. The van der Waals surface area contributed by atoms with Gasteiger partial charge in [0, 0.05) is 18.7 Å². The van der Waals surface area contributed by atoms with E-state index in [1.165, 1.54) is 18.9 Å². The highest BCUT2D eigenvalue weighted by atomic mass is 35.5. The van der Waals surface area contributed by atoms with Crippen LogP contribution in [0.15, 0.2) is 23.2 Å². The van der Waals surface area contributed by atoms with E-state index < -0.39 is 5.25 Å². The fourth-order valence-electron chi connectivity index (χ4n) is 2.08. The van der Waals surface area contributed by atoms with Gasteiger partial charge in [0.2, 0.25) is 11.8 Å². The number of amides is 2. The Kier molecular flexibility index (Phi) is 6.93. The molecule has 6 nitrogen and oxygen atoms in total. The molecule has 130 valence electrons. The molecule has 24 heavy (non-hydrogen) atoms. The minimum atomic E-state index is -0.459. The van der Waals surface area contributed by atoms with E-state index >= 15 is 0 Å². The van der Waals surface area contributed by atoms with Gasteiger partial charge in [0.1, 0.15) is 11.0 Å². The molecule has 1 aliphatic rings. The Morgan fingerprint density at radius 3 is 2.96 bits per heavy atom. The van der Waals surface area contributed by atoms with Gasteiger partial charge in [-0.1, -0.05) is 36.7 Å². The van der Waals surface area contributed by atoms with Gasteiger partial charge in [-0.15, -0.1) is 0 Å². The van der Waals surface area contributed by atoms with Crippen molar-refractivity contribution < 1.29 is 14.3 Å². The van der Waals surface area contributed by atoms with Gasteiger partial charge in [-0.25, -0.2) is 0 Å². The second-order valence-corrected chi connectivity index (χ2v) is 6.84. The molecule has 0 saturated carbocycles. The zero-order chi connectivity index (χ0) is 17.5. The molecular weight excluding hydrogens is 350 g/mol. The quantitative estimate of drug-likeness (QED) is 0.724. The number of carbonyl (C=O) groups is 2. The molecule has 2 amide bonds. The number of methoxy groups -OCH3 is 1. The molecule has 0 radical (unpaired) electrons. The van der Waals surface area contributed by atoms with Crippen LogP contribution < -0.4 is 15.4 Å². The number of amidine groups is 1.